The molecule has 1 fully saturated rings. The van der Waals surface area contributed by atoms with Crippen molar-refractivity contribution in [1.82, 2.24) is 4.98 Å². The minimum absolute atomic E-state index is 0.305. The van der Waals surface area contributed by atoms with Crippen LogP contribution in [0.1, 0.15) is 51.4 Å². The van der Waals surface area contributed by atoms with E-state index in [0.717, 1.165) is 42.9 Å². The molecule has 1 atom stereocenters. The monoisotopic (exact) mass is 294 g/mol. The van der Waals surface area contributed by atoms with Crippen LogP contribution in [0.3, 0.4) is 0 Å². The van der Waals surface area contributed by atoms with Crippen LogP contribution in [0.5, 0.6) is 0 Å². The maximum absolute atomic E-state index is 10.4. The SMILES string of the molecule is NC(O)(CCCCSc1ccccn1)C1CCCCC1. The first-order valence-corrected chi connectivity index (χ1v) is 8.72. The van der Waals surface area contributed by atoms with Crippen molar-refractivity contribution in [3.05, 3.63) is 24.4 Å². The normalized spacial score (nSPS) is 19.7. The molecule has 1 unspecified atom stereocenters. The van der Waals surface area contributed by atoms with E-state index in [2.05, 4.69) is 4.98 Å². The second-order valence-corrected chi connectivity index (χ2v) is 6.91. The van der Waals surface area contributed by atoms with Crippen LogP contribution in [0, 0.1) is 5.92 Å². The van der Waals surface area contributed by atoms with Crippen molar-refractivity contribution in [3.63, 3.8) is 0 Å². The molecule has 0 aromatic carbocycles. The fourth-order valence-corrected chi connectivity index (χ4v) is 3.79. The number of rotatable bonds is 7. The fourth-order valence-electron chi connectivity index (χ4n) is 2.93. The van der Waals surface area contributed by atoms with Gasteiger partial charge in [0.15, 0.2) is 0 Å². The van der Waals surface area contributed by atoms with Gasteiger partial charge >= 0.3 is 0 Å². The lowest BCUT2D eigenvalue weighted by molar-refractivity contribution is -0.0362. The average Bonchev–Trinajstić information content (AvgIpc) is 2.49. The van der Waals surface area contributed by atoms with Gasteiger partial charge in [0.1, 0.15) is 5.72 Å². The third kappa shape index (κ3) is 5.08. The number of hydrogen-bond acceptors (Lipinski definition) is 4. The summed E-state index contributed by atoms with van der Waals surface area (Å²) in [6.45, 7) is 0. The van der Waals surface area contributed by atoms with Crippen LogP contribution in [-0.4, -0.2) is 21.6 Å². The molecule has 0 radical (unpaired) electrons. The first-order chi connectivity index (χ1) is 9.68. The summed E-state index contributed by atoms with van der Waals surface area (Å²) in [5.41, 5.74) is 5.17. The second kappa shape index (κ2) is 8.01. The van der Waals surface area contributed by atoms with Gasteiger partial charge in [-0.15, -0.1) is 11.8 Å². The van der Waals surface area contributed by atoms with Crippen LogP contribution in [0.25, 0.3) is 0 Å². The largest absolute Gasteiger partial charge is 0.376 e. The second-order valence-electron chi connectivity index (χ2n) is 5.80. The minimum Gasteiger partial charge on any atom is -0.376 e. The van der Waals surface area contributed by atoms with Crippen LogP contribution in [0.2, 0.25) is 0 Å². The Hall–Kier alpha value is -0.580. The quantitative estimate of drug-likeness (QED) is 0.458. The van der Waals surface area contributed by atoms with E-state index in [1.165, 1.54) is 19.3 Å². The molecular formula is C16H26N2OS. The van der Waals surface area contributed by atoms with Gasteiger partial charge in [-0.2, -0.15) is 0 Å². The molecule has 0 bridgehead atoms. The average molecular weight is 294 g/mol. The third-order valence-electron chi connectivity index (χ3n) is 4.17. The van der Waals surface area contributed by atoms with Crippen molar-refractivity contribution in [2.45, 2.75) is 62.1 Å². The van der Waals surface area contributed by atoms with E-state index in [-0.39, 0.29) is 0 Å². The van der Waals surface area contributed by atoms with Crippen LogP contribution in [0.4, 0.5) is 0 Å². The summed E-state index contributed by atoms with van der Waals surface area (Å²) in [6.07, 6.45) is 10.5. The molecular weight excluding hydrogens is 268 g/mol. The van der Waals surface area contributed by atoms with Gasteiger partial charge in [0.25, 0.3) is 0 Å². The number of hydrogen-bond donors (Lipinski definition) is 2. The molecule has 0 saturated heterocycles. The number of nitrogens with zero attached hydrogens (tertiary/aromatic N) is 1. The smallest absolute Gasteiger partial charge is 0.116 e. The topological polar surface area (TPSA) is 59.1 Å². The van der Waals surface area contributed by atoms with E-state index < -0.39 is 5.72 Å². The van der Waals surface area contributed by atoms with Gasteiger partial charge in [-0.3, -0.25) is 0 Å². The molecule has 1 aliphatic rings. The van der Waals surface area contributed by atoms with E-state index in [9.17, 15) is 5.11 Å². The van der Waals surface area contributed by atoms with Gasteiger partial charge in [-0.05, 0) is 50.0 Å². The number of aromatic nitrogens is 1. The Bertz CT molecular complexity index is 377. The van der Waals surface area contributed by atoms with Crippen molar-refractivity contribution >= 4 is 11.8 Å². The highest BCUT2D eigenvalue weighted by molar-refractivity contribution is 7.99. The van der Waals surface area contributed by atoms with Crippen molar-refractivity contribution in [2.75, 3.05) is 5.75 Å². The Morgan fingerprint density at radius 1 is 1.25 bits per heavy atom. The molecule has 0 amide bonds. The molecule has 20 heavy (non-hydrogen) atoms. The maximum Gasteiger partial charge on any atom is 0.116 e. The lowest BCUT2D eigenvalue weighted by atomic mass is 9.80. The molecule has 1 heterocycles. The third-order valence-corrected chi connectivity index (χ3v) is 5.20. The van der Waals surface area contributed by atoms with Gasteiger partial charge < -0.3 is 10.8 Å². The fraction of sp³-hybridized carbons (Fsp3) is 0.688. The number of nitrogens with two attached hydrogens (primary N) is 1. The van der Waals surface area contributed by atoms with Crippen molar-refractivity contribution in [1.29, 1.82) is 0 Å². The number of pyridine rings is 1. The molecule has 0 aliphatic heterocycles. The molecule has 4 heteroatoms. The Morgan fingerprint density at radius 3 is 2.75 bits per heavy atom. The van der Waals surface area contributed by atoms with Gasteiger partial charge in [0, 0.05) is 12.1 Å². The number of aliphatic hydroxyl groups is 1. The zero-order chi connectivity index (χ0) is 14.3. The highest BCUT2D eigenvalue weighted by Gasteiger charge is 2.32. The maximum atomic E-state index is 10.4. The summed E-state index contributed by atoms with van der Waals surface area (Å²) >= 11 is 1.77. The van der Waals surface area contributed by atoms with Crippen LogP contribution in [-0.2, 0) is 0 Å². The Labute approximate surface area is 126 Å². The van der Waals surface area contributed by atoms with Crippen LogP contribution >= 0.6 is 11.8 Å². The van der Waals surface area contributed by atoms with Crippen molar-refractivity contribution < 1.29 is 5.11 Å². The van der Waals surface area contributed by atoms with E-state index in [4.69, 9.17) is 5.73 Å². The molecule has 3 nitrogen and oxygen atoms in total. The predicted molar refractivity (Wildman–Crippen MR) is 84.5 cm³/mol. The van der Waals surface area contributed by atoms with E-state index >= 15 is 0 Å². The molecule has 1 aliphatic carbocycles. The van der Waals surface area contributed by atoms with E-state index in [1.54, 1.807) is 11.8 Å². The molecule has 0 spiro atoms. The highest BCUT2D eigenvalue weighted by Crippen LogP contribution is 2.32. The lowest BCUT2D eigenvalue weighted by Gasteiger charge is -2.35. The van der Waals surface area contributed by atoms with Crippen molar-refractivity contribution in [3.8, 4) is 0 Å². The first kappa shape index (κ1) is 15.8. The summed E-state index contributed by atoms with van der Waals surface area (Å²) in [7, 11) is 0. The summed E-state index contributed by atoms with van der Waals surface area (Å²) in [5, 5.41) is 11.5. The molecule has 1 aromatic heterocycles. The minimum atomic E-state index is -0.948. The van der Waals surface area contributed by atoms with Gasteiger partial charge in [0.05, 0.1) is 5.03 Å². The number of unbranched alkanes of at least 4 members (excludes halogenated alkanes) is 1. The Morgan fingerprint density at radius 2 is 2.05 bits per heavy atom. The summed E-state index contributed by atoms with van der Waals surface area (Å²) < 4.78 is 0. The van der Waals surface area contributed by atoms with Crippen molar-refractivity contribution in [2.24, 2.45) is 11.7 Å². The molecule has 3 N–H and O–H groups in total. The van der Waals surface area contributed by atoms with Gasteiger partial charge in [0.2, 0.25) is 0 Å². The highest BCUT2D eigenvalue weighted by atomic mass is 32.2. The summed E-state index contributed by atoms with van der Waals surface area (Å²) in [6, 6.07) is 5.98. The zero-order valence-electron chi connectivity index (χ0n) is 12.1. The first-order valence-electron chi connectivity index (χ1n) is 7.73. The van der Waals surface area contributed by atoms with E-state index in [1.807, 2.05) is 24.4 Å². The van der Waals surface area contributed by atoms with Crippen LogP contribution < -0.4 is 5.73 Å². The van der Waals surface area contributed by atoms with E-state index in [0.29, 0.717) is 5.92 Å². The molecule has 2 rings (SSSR count). The van der Waals surface area contributed by atoms with Crippen LogP contribution in [0.15, 0.2) is 29.4 Å². The molecule has 1 aromatic rings. The Kier molecular flexibility index (Phi) is 6.33. The summed E-state index contributed by atoms with van der Waals surface area (Å²) in [5.74, 6) is 1.34. The molecule has 112 valence electrons. The summed E-state index contributed by atoms with van der Waals surface area (Å²) in [4.78, 5) is 4.29. The zero-order valence-corrected chi connectivity index (χ0v) is 12.9. The van der Waals surface area contributed by atoms with Gasteiger partial charge in [-0.1, -0.05) is 25.3 Å². The lowest BCUT2D eigenvalue weighted by Crippen LogP contribution is -2.47. The number of thioether (sulfide) groups is 1. The standard InChI is InChI=1S/C16H26N2OS/c17-16(19,14-8-2-1-3-9-14)11-5-7-13-20-15-10-4-6-12-18-15/h4,6,10,12,14,19H,1-3,5,7-9,11,13,17H2. The Balaban J connectivity index is 1.62. The predicted octanol–water partition coefficient (Wildman–Crippen LogP) is 3.57. The van der Waals surface area contributed by atoms with Gasteiger partial charge in [-0.25, -0.2) is 4.98 Å². The molecule has 1 saturated carbocycles.